The molecule has 1 heterocycles. The van der Waals surface area contributed by atoms with Crippen LogP contribution in [-0.4, -0.2) is 15.6 Å². The van der Waals surface area contributed by atoms with Gasteiger partial charge in [0.05, 0.1) is 12.7 Å². The summed E-state index contributed by atoms with van der Waals surface area (Å²) in [5.41, 5.74) is 0. The molecule has 0 amide bonds. The van der Waals surface area contributed by atoms with E-state index in [4.69, 9.17) is 11.6 Å². The van der Waals surface area contributed by atoms with Crippen molar-refractivity contribution in [3.63, 3.8) is 0 Å². The Labute approximate surface area is 101 Å². The van der Waals surface area contributed by atoms with E-state index in [0.29, 0.717) is 5.15 Å². The van der Waals surface area contributed by atoms with Crippen molar-refractivity contribution < 1.29 is 0 Å². The van der Waals surface area contributed by atoms with Crippen molar-refractivity contribution in [3.05, 3.63) is 17.2 Å². The van der Waals surface area contributed by atoms with Crippen LogP contribution in [0.5, 0.6) is 0 Å². The van der Waals surface area contributed by atoms with Gasteiger partial charge in [-0.05, 0) is 37.5 Å². The lowest BCUT2D eigenvalue weighted by molar-refractivity contribution is 0.408. The minimum Gasteiger partial charge on any atom is -0.321 e. The molecule has 1 aromatic rings. The number of aromatic nitrogens is 2. The lowest BCUT2D eigenvalue weighted by Gasteiger charge is -2.17. The highest BCUT2D eigenvalue weighted by Crippen LogP contribution is 2.44. The lowest BCUT2D eigenvalue weighted by Crippen LogP contribution is -2.33. The zero-order chi connectivity index (χ0) is 11.1. The van der Waals surface area contributed by atoms with Gasteiger partial charge in [-0.3, -0.25) is 0 Å². The van der Waals surface area contributed by atoms with Crippen molar-refractivity contribution in [2.24, 2.45) is 18.9 Å². The Kier molecular flexibility index (Phi) is 2.68. The molecule has 16 heavy (non-hydrogen) atoms. The third-order valence-corrected chi connectivity index (χ3v) is 4.13. The summed E-state index contributed by atoms with van der Waals surface area (Å²) >= 11 is 5.97. The fraction of sp³-hybridized carbons (Fsp3) is 0.750. The fourth-order valence-electron chi connectivity index (χ4n) is 2.43. The van der Waals surface area contributed by atoms with E-state index < -0.39 is 0 Å². The standard InChI is InChI=1S/C12H18ClN3/c1-16-10(13)6-14-11(16)7-15-12(8-2-3-8)9-4-5-9/h6,8-9,12,15H,2-5,7H2,1H3. The molecule has 0 bridgehead atoms. The van der Waals surface area contributed by atoms with Gasteiger partial charge in [-0.15, -0.1) is 0 Å². The highest BCUT2D eigenvalue weighted by atomic mass is 35.5. The molecule has 1 N–H and O–H groups in total. The van der Waals surface area contributed by atoms with Gasteiger partial charge in [-0.25, -0.2) is 4.98 Å². The predicted molar refractivity (Wildman–Crippen MR) is 64.3 cm³/mol. The minimum atomic E-state index is 0.714. The van der Waals surface area contributed by atoms with Gasteiger partial charge in [0.15, 0.2) is 0 Å². The average molecular weight is 240 g/mol. The molecule has 3 nitrogen and oxygen atoms in total. The Bertz CT molecular complexity index is 368. The first kappa shape index (κ1) is 10.6. The number of hydrogen-bond donors (Lipinski definition) is 1. The first-order valence-electron chi connectivity index (χ1n) is 6.15. The predicted octanol–water partition coefficient (Wildman–Crippen LogP) is 2.35. The second-order valence-corrected chi connectivity index (χ2v) is 5.52. The number of nitrogens with one attached hydrogen (secondary N) is 1. The van der Waals surface area contributed by atoms with Gasteiger partial charge in [0.2, 0.25) is 0 Å². The number of hydrogen-bond acceptors (Lipinski definition) is 2. The Morgan fingerprint density at radius 3 is 2.50 bits per heavy atom. The molecular formula is C12H18ClN3. The van der Waals surface area contributed by atoms with E-state index in [1.807, 2.05) is 11.6 Å². The second-order valence-electron chi connectivity index (χ2n) is 5.14. The minimum absolute atomic E-state index is 0.714. The smallest absolute Gasteiger partial charge is 0.128 e. The monoisotopic (exact) mass is 239 g/mol. The molecule has 2 aliphatic rings. The van der Waals surface area contributed by atoms with E-state index >= 15 is 0 Å². The van der Waals surface area contributed by atoms with E-state index in [1.54, 1.807) is 6.20 Å². The number of nitrogens with zero attached hydrogens (tertiary/aromatic N) is 2. The van der Waals surface area contributed by atoms with Crippen molar-refractivity contribution in [2.45, 2.75) is 38.3 Å². The van der Waals surface area contributed by atoms with E-state index in [1.165, 1.54) is 25.7 Å². The van der Waals surface area contributed by atoms with Crippen LogP contribution in [0.15, 0.2) is 6.20 Å². The van der Waals surface area contributed by atoms with Crippen molar-refractivity contribution in [3.8, 4) is 0 Å². The highest BCUT2D eigenvalue weighted by molar-refractivity contribution is 6.29. The third-order valence-electron chi connectivity index (χ3n) is 3.78. The van der Waals surface area contributed by atoms with Crippen molar-refractivity contribution in [1.29, 1.82) is 0 Å². The first-order valence-corrected chi connectivity index (χ1v) is 6.53. The van der Waals surface area contributed by atoms with Gasteiger partial charge in [0.25, 0.3) is 0 Å². The van der Waals surface area contributed by atoms with Crippen LogP contribution in [-0.2, 0) is 13.6 Å². The SMILES string of the molecule is Cn1c(Cl)cnc1CNC(C1CC1)C1CC1. The Morgan fingerprint density at radius 2 is 2.06 bits per heavy atom. The summed E-state index contributed by atoms with van der Waals surface area (Å²) in [6.07, 6.45) is 7.37. The summed E-state index contributed by atoms with van der Waals surface area (Å²) in [6.45, 7) is 0.848. The van der Waals surface area contributed by atoms with Crippen LogP contribution in [0.4, 0.5) is 0 Å². The van der Waals surface area contributed by atoms with Crippen LogP contribution in [0.3, 0.4) is 0 Å². The molecule has 0 spiro atoms. The fourth-order valence-corrected chi connectivity index (χ4v) is 2.57. The largest absolute Gasteiger partial charge is 0.321 e. The zero-order valence-corrected chi connectivity index (χ0v) is 10.4. The van der Waals surface area contributed by atoms with Gasteiger partial charge < -0.3 is 9.88 Å². The molecule has 0 radical (unpaired) electrons. The van der Waals surface area contributed by atoms with Gasteiger partial charge in [0.1, 0.15) is 11.0 Å². The Hall–Kier alpha value is -0.540. The molecule has 2 saturated carbocycles. The van der Waals surface area contributed by atoms with E-state index in [-0.39, 0.29) is 0 Å². The highest BCUT2D eigenvalue weighted by Gasteiger charge is 2.41. The normalized spacial score (nSPS) is 20.7. The summed E-state index contributed by atoms with van der Waals surface area (Å²) in [6, 6.07) is 0.732. The summed E-state index contributed by atoms with van der Waals surface area (Å²) in [7, 11) is 1.97. The number of halogens is 1. The molecule has 0 atom stereocenters. The van der Waals surface area contributed by atoms with Crippen LogP contribution < -0.4 is 5.32 Å². The third kappa shape index (κ3) is 2.11. The van der Waals surface area contributed by atoms with Crippen molar-refractivity contribution in [1.82, 2.24) is 14.9 Å². The molecule has 3 rings (SSSR count). The molecule has 2 aliphatic carbocycles. The van der Waals surface area contributed by atoms with Crippen LogP contribution in [0.25, 0.3) is 0 Å². The summed E-state index contributed by atoms with van der Waals surface area (Å²) in [5, 5.41) is 4.39. The number of rotatable bonds is 5. The average Bonchev–Trinajstić information content (AvgIpc) is 3.15. The maximum absolute atomic E-state index is 5.97. The van der Waals surface area contributed by atoms with E-state index in [9.17, 15) is 0 Å². The molecule has 0 unspecified atom stereocenters. The number of imidazole rings is 1. The Morgan fingerprint density at radius 1 is 1.44 bits per heavy atom. The van der Waals surface area contributed by atoms with Crippen LogP contribution in [0, 0.1) is 11.8 Å². The quantitative estimate of drug-likeness (QED) is 0.855. The summed E-state index contributed by atoms with van der Waals surface area (Å²) in [5.74, 6) is 2.91. The maximum Gasteiger partial charge on any atom is 0.128 e. The molecule has 0 aromatic carbocycles. The maximum atomic E-state index is 5.97. The second kappa shape index (κ2) is 4.04. The van der Waals surface area contributed by atoms with Crippen molar-refractivity contribution >= 4 is 11.6 Å². The molecule has 4 heteroatoms. The Balaban J connectivity index is 1.60. The van der Waals surface area contributed by atoms with Crippen LogP contribution >= 0.6 is 11.6 Å². The molecule has 88 valence electrons. The first-order chi connectivity index (χ1) is 7.75. The molecule has 2 fully saturated rings. The molecule has 0 aliphatic heterocycles. The van der Waals surface area contributed by atoms with Gasteiger partial charge in [-0.2, -0.15) is 0 Å². The molecule has 0 saturated heterocycles. The van der Waals surface area contributed by atoms with E-state index in [2.05, 4.69) is 10.3 Å². The lowest BCUT2D eigenvalue weighted by atomic mass is 10.1. The van der Waals surface area contributed by atoms with Gasteiger partial charge in [-0.1, -0.05) is 11.6 Å². The van der Waals surface area contributed by atoms with Crippen molar-refractivity contribution in [2.75, 3.05) is 0 Å². The van der Waals surface area contributed by atoms with E-state index in [0.717, 1.165) is 30.2 Å². The van der Waals surface area contributed by atoms with Gasteiger partial charge >= 0.3 is 0 Å². The summed E-state index contributed by atoms with van der Waals surface area (Å²) < 4.78 is 1.95. The zero-order valence-electron chi connectivity index (χ0n) is 9.62. The molecular weight excluding hydrogens is 222 g/mol. The summed E-state index contributed by atoms with van der Waals surface area (Å²) in [4.78, 5) is 4.32. The van der Waals surface area contributed by atoms with Gasteiger partial charge in [0, 0.05) is 13.1 Å². The molecule has 1 aromatic heterocycles. The topological polar surface area (TPSA) is 29.9 Å². The van der Waals surface area contributed by atoms with Crippen LogP contribution in [0.2, 0.25) is 5.15 Å². The van der Waals surface area contributed by atoms with Crippen LogP contribution in [0.1, 0.15) is 31.5 Å².